The second kappa shape index (κ2) is 8.10. The van der Waals surface area contributed by atoms with Crippen molar-refractivity contribution in [2.75, 3.05) is 12.9 Å². The standard InChI is InChI=1S/C20H24N2O4S/c1-3-26-18-10-8-15(9-11-18)13-21-20(23)19-12-16-6-4-5-7-17(16)14-22(19)27(2,24)25/h4-11,19H,3,12-14H2,1-2H3,(H,21,23). The van der Waals surface area contributed by atoms with Crippen LogP contribution >= 0.6 is 0 Å². The lowest BCUT2D eigenvalue weighted by Crippen LogP contribution is -2.52. The number of amides is 1. The predicted octanol–water partition coefficient (Wildman–Crippen LogP) is 2.09. The highest BCUT2D eigenvalue weighted by molar-refractivity contribution is 7.88. The van der Waals surface area contributed by atoms with Gasteiger partial charge in [0.2, 0.25) is 15.9 Å². The van der Waals surface area contributed by atoms with E-state index in [1.807, 2.05) is 55.5 Å². The Morgan fingerprint density at radius 3 is 2.44 bits per heavy atom. The van der Waals surface area contributed by atoms with E-state index in [1.54, 1.807) is 0 Å². The lowest BCUT2D eigenvalue weighted by atomic mass is 9.95. The molecule has 2 aromatic rings. The third kappa shape index (κ3) is 4.67. The number of rotatable bonds is 6. The summed E-state index contributed by atoms with van der Waals surface area (Å²) in [5.41, 5.74) is 2.88. The van der Waals surface area contributed by atoms with Crippen LogP contribution in [-0.2, 0) is 34.3 Å². The van der Waals surface area contributed by atoms with Crippen LogP contribution in [0.25, 0.3) is 0 Å². The van der Waals surface area contributed by atoms with Crippen LogP contribution in [0, 0.1) is 0 Å². The fourth-order valence-electron chi connectivity index (χ4n) is 3.25. The number of hydrogen-bond acceptors (Lipinski definition) is 4. The molecule has 1 atom stereocenters. The highest BCUT2D eigenvalue weighted by atomic mass is 32.2. The Morgan fingerprint density at radius 2 is 1.81 bits per heavy atom. The van der Waals surface area contributed by atoms with Crippen molar-refractivity contribution in [3.63, 3.8) is 0 Å². The third-order valence-electron chi connectivity index (χ3n) is 4.64. The van der Waals surface area contributed by atoms with Gasteiger partial charge >= 0.3 is 0 Å². The third-order valence-corrected chi connectivity index (χ3v) is 5.87. The molecule has 7 heteroatoms. The van der Waals surface area contributed by atoms with Crippen LogP contribution in [0.5, 0.6) is 5.75 Å². The van der Waals surface area contributed by atoms with Crippen LogP contribution in [0.4, 0.5) is 0 Å². The van der Waals surface area contributed by atoms with Crippen LogP contribution in [0.15, 0.2) is 48.5 Å². The van der Waals surface area contributed by atoms with Crippen molar-refractivity contribution in [2.45, 2.75) is 32.5 Å². The van der Waals surface area contributed by atoms with Gasteiger partial charge in [-0.05, 0) is 42.2 Å². The Labute approximate surface area is 160 Å². The summed E-state index contributed by atoms with van der Waals surface area (Å²) >= 11 is 0. The molecule has 0 aromatic heterocycles. The summed E-state index contributed by atoms with van der Waals surface area (Å²) in [6.07, 6.45) is 1.52. The van der Waals surface area contributed by atoms with Crippen molar-refractivity contribution in [2.24, 2.45) is 0 Å². The minimum atomic E-state index is -3.50. The van der Waals surface area contributed by atoms with E-state index in [-0.39, 0.29) is 12.5 Å². The van der Waals surface area contributed by atoms with Gasteiger partial charge in [0.25, 0.3) is 0 Å². The molecule has 1 N–H and O–H groups in total. The molecule has 6 nitrogen and oxygen atoms in total. The van der Waals surface area contributed by atoms with Crippen LogP contribution in [-0.4, -0.2) is 37.5 Å². The molecule has 144 valence electrons. The Hall–Kier alpha value is -2.38. The Kier molecular flexibility index (Phi) is 5.82. The molecule has 27 heavy (non-hydrogen) atoms. The van der Waals surface area contributed by atoms with Crippen LogP contribution in [0.3, 0.4) is 0 Å². The fourth-order valence-corrected chi connectivity index (χ4v) is 4.25. The van der Waals surface area contributed by atoms with Crippen molar-refractivity contribution < 1.29 is 17.9 Å². The molecular formula is C20H24N2O4S. The lowest BCUT2D eigenvalue weighted by Gasteiger charge is -2.34. The quantitative estimate of drug-likeness (QED) is 0.822. The number of carbonyl (C=O) groups excluding carboxylic acids is 1. The number of nitrogens with one attached hydrogen (secondary N) is 1. The van der Waals surface area contributed by atoms with Crippen molar-refractivity contribution >= 4 is 15.9 Å². The molecule has 0 aliphatic carbocycles. The van der Waals surface area contributed by atoms with Gasteiger partial charge < -0.3 is 10.1 Å². The first-order valence-corrected chi connectivity index (χ1v) is 10.8. The maximum Gasteiger partial charge on any atom is 0.239 e. The Balaban J connectivity index is 1.72. The molecule has 3 rings (SSSR count). The zero-order valence-electron chi connectivity index (χ0n) is 15.5. The van der Waals surface area contributed by atoms with Crippen LogP contribution < -0.4 is 10.1 Å². The number of hydrogen-bond donors (Lipinski definition) is 1. The van der Waals surface area contributed by atoms with E-state index in [4.69, 9.17) is 4.74 Å². The summed E-state index contributed by atoms with van der Waals surface area (Å²) in [6.45, 7) is 3.07. The first kappa shape index (κ1) is 19.4. The molecule has 0 saturated heterocycles. The van der Waals surface area contributed by atoms with E-state index in [9.17, 15) is 13.2 Å². The Bertz CT molecular complexity index is 910. The number of sulfonamides is 1. The molecule has 0 spiro atoms. The highest BCUT2D eigenvalue weighted by Crippen LogP contribution is 2.25. The summed E-state index contributed by atoms with van der Waals surface area (Å²) < 4.78 is 31.1. The number of ether oxygens (including phenoxy) is 1. The fraction of sp³-hybridized carbons (Fsp3) is 0.350. The molecule has 1 amide bonds. The monoisotopic (exact) mass is 388 g/mol. The molecule has 0 saturated carbocycles. The van der Waals surface area contributed by atoms with Gasteiger partial charge in [-0.15, -0.1) is 0 Å². The van der Waals surface area contributed by atoms with Crippen molar-refractivity contribution in [1.82, 2.24) is 9.62 Å². The minimum Gasteiger partial charge on any atom is -0.494 e. The average molecular weight is 388 g/mol. The lowest BCUT2D eigenvalue weighted by molar-refractivity contribution is -0.125. The second-order valence-corrected chi connectivity index (χ2v) is 8.53. The van der Waals surface area contributed by atoms with Gasteiger partial charge in [-0.25, -0.2) is 8.42 Å². The summed E-state index contributed by atoms with van der Waals surface area (Å²) in [7, 11) is -3.50. The number of fused-ring (bicyclic) bond motifs is 1. The van der Waals surface area contributed by atoms with E-state index in [0.717, 1.165) is 28.7 Å². The van der Waals surface area contributed by atoms with Crippen molar-refractivity contribution in [1.29, 1.82) is 0 Å². The maximum atomic E-state index is 12.8. The summed E-state index contributed by atoms with van der Waals surface area (Å²) in [4.78, 5) is 12.8. The van der Waals surface area contributed by atoms with E-state index >= 15 is 0 Å². The van der Waals surface area contributed by atoms with E-state index in [0.29, 0.717) is 19.6 Å². The van der Waals surface area contributed by atoms with Gasteiger partial charge in [-0.1, -0.05) is 36.4 Å². The molecular weight excluding hydrogens is 364 g/mol. The summed E-state index contributed by atoms with van der Waals surface area (Å²) in [5.74, 6) is 0.489. The molecule has 1 heterocycles. The zero-order chi connectivity index (χ0) is 19.4. The second-order valence-electron chi connectivity index (χ2n) is 6.59. The van der Waals surface area contributed by atoms with Crippen molar-refractivity contribution in [3.05, 3.63) is 65.2 Å². The largest absolute Gasteiger partial charge is 0.494 e. The SMILES string of the molecule is CCOc1ccc(CNC(=O)C2Cc3ccccc3CN2S(C)(=O)=O)cc1. The van der Waals surface area contributed by atoms with E-state index < -0.39 is 16.1 Å². The summed E-state index contributed by atoms with van der Waals surface area (Å²) in [5, 5.41) is 2.87. The Morgan fingerprint density at radius 1 is 1.15 bits per heavy atom. The van der Waals surface area contributed by atoms with E-state index in [2.05, 4.69) is 5.32 Å². The number of carbonyl (C=O) groups is 1. The summed E-state index contributed by atoms with van der Waals surface area (Å²) in [6, 6.07) is 14.4. The molecule has 0 radical (unpaired) electrons. The number of nitrogens with zero attached hydrogens (tertiary/aromatic N) is 1. The van der Waals surface area contributed by atoms with Crippen LogP contribution in [0.2, 0.25) is 0 Å². The molecule has 1 unspecified atom stereocenters. The van der Waals surface area contributed by atoms with Gasteiger partial charge in [0.05, 0.1) is 12.9 Å². The molecule has 0 bridgehead atoms. The normalized spacial score (nSPS) is 17.2. The first-order valence-electron chi connectivity index (χ1n) is 8.91. The molecule has 0 fully saturated rings. The van der Waals surface area contributed by atoms with Crippen LogP contribution in [0.1, 0.15) is 23.6 Å². The van der Waals surface area contributed by atoms with Gasteiger partial charge in [0, 0.05) is 13.1 Å². The number of benzene rings is 2. The zero-order valence-corrected chi connectivity index (χ0v) is 16.3. The van der Waals surface area contributed by atoms with Gasteiger partial charge in [-0.3, -0.25) is 4.79 Å². The van der Waals surface area contributed by atoms with Crippen molar-refractivity contribution in [3.8, 4) is 5.75 Å². The predicted molar refractivity (Wildman–Crippen MR) is 104 cm³/mol. The maximum absolute atomic E-state index is 12.8. The highest BCUT2D eigenvalue weighted by Gasteiger charge is 2.36. The first-order chi connectivity index (χ1) is 12.9. The topological polar surface area (TPSA) is 75.7 Å². The molecule has 1 aliphatic heterocycles. The smallest absolute Gasteiger partial charge is 0.239 e. The van der Waals surface area contributed by atoms with E-state index in [1.165, 1.54) is 4.31 Å². The minimum absolute atomic E-state index is 0.218. The average Bonchev–Trinajstić information content (AvgIpc) is 2.65. The molecule has 2 aromatic carbocycles. The van der Waals surface area contributed by atoms with Gasteiger partial charge in [0.1, 0.15) is 11.8 Å². The van der Waals surface area contributed by atoms with Gasteiger partial charge in [0.15, 0.2) is 0 Å². The molecule has 1 aliphatic rings. The van der Waals surface area contributed by atoms with Gasteiger partial charge in [-0.2, -0.15) is 4.31 Å².